The molecule has 128 valence electrons. The Morgan fingerprint density at radius 3 is 2.56 bits per heavy atom. The molecule has 1 aromatic heterocycles. The van der Waals surface area contributed by atoms with Crippen molar-refractivity contribution in [3.8, 4) is 23.0 Å². The number of methoxy groups -OCH3 is 1. The summed E-state index contributed by atoms with van der Waals surface area (Å²) in [6.07, 6.45) is 3.74. The molecule has 0 bridgehead atoms. The monoisotopic (exact) mass is 340 g/mol. The lowest BCUT2D eigenvalue weighted by molar-refractivity contribution is 0.152. The molecule has 2 heterocycles. The maximum atomic E-state index is 12.9. The van der Waals surface area contributed by atoms with Crippen molar-refractivity contribution in [2.24, 2.45) is 0 Å². The smallest absolute Gasteiger partial charge is 0.205 e. The summed E-state index contributed by atoms with van der Waals surface area (Å²) in [5.41, 5.74) is -0.253. The number of benzene rings is 2. The molecule has 2 N–H and O–H groups in total. The topological polar surface area (TPSA) is 89.1 Å². The van der Waals surface area contributed by atoms with Crippen molar-refractivity contribution < 1.29 is 24.1 Å². The summed E-state index contributed by atoms with van der Waals surface area (Å²) in [4.78, 5) is 12.9. The number of fused-ring (bicyclic) bond motifs is 3. The van der Waals surface area contributed by atoms with Crippen LogP contribution in [0.3, 0.4) is 0 Å². The summed E-state index contributed by atoms with van der Waals surface area (Å²) >= 11 is 0. The first kappa shape index (κ1) is 15.4. The molecule has 2 aromatic carbocycles. The van der Waals surface area contributed by atoms with Crippen LogP contribution in [-0.2, 0) is 0 Å². The number of aromatic hydroxyl groups is 2. The third kappa shape index (κ3) is 2.14. The highest BCUT2D eigenvalue weighted by molar-refractivity contribution is 5.99. The van der Waals surface area contributed by atoms with Crippen molar-refractivity contribution in [1.29, 1.82) is 0 Å². The second-order valence-corrected chi connectivity index (χ2v) is 6.48. The van der Waals surface area contributed by atoms with Crippen LogP contribution >= 0.6 is 0 Å². The molecule has 6 nitrogen and oxygen atoms in total. The van der Waals surface area contributed by atoms with Gasteiger partial charge < -0.3 is 24.1 Å². The summed E-state index contributed by atoms with van der Waals surface area (Å²) in [7, 11) is 1.45. The van der Waals surface area contributed by atoms with Crippen LogP contribution < -0.4 is 14.9 Å². The largest absolute Gasteiger partial charge is 0.507 e. The fourth-order valence-corrected chi connectivity index (χ4v) is 3.04. The lowest BCUT2D eigenvalue weighted by atomic mass is 9.99. The van der Waals surface area contributed by atoms with Gasteiger partial charge in [0.2, 0.25) is 11.2 Å². The van der Waals surface area contributed by atoms with Crippen LogP contribution in [0.25, 0.3) is 28.0 Å². The molecule has 0 fully saturated rings. The molecule has 0 aliphatic carbocycles. The van der Waals surface area contributed by atoms with Gasteiger partial charge in [-0.15, -0.1) is 0 Å². The molecule has 0 atom stereocenters. The van der Waals surface area contributed by atoms with Gasteiger partial charge in [-0.1, -0.05) is 6.08 Å². The number of hydrogen-bond donors (Lipinski definition) is 2. The molecule has 4 rings (SSSR count). The van der Waals surface area contributed by atoms with Crippen molar-refractivity contribution >= 4 is 28.0 Å². The van der Waals surface area contributed by atoms with Gasteiger partial charge in [0.15, 0.2) is 22.7 Å². The Balaban J connectivity index is 2.21. The zero-order valence-corrected chi connectivity index (χ0v) is 13.9. The van der Waals surface area contributed by atoms with E-state index in [9.17, 15) is 15.0 Å². The van der Waals surface area contributed by atoms with E-state index < -0.39 is 11.0 Å². The van der Waals surface area contributed by atoms with Crippen molar-refractivity contribution in [1.82, 2.24) is 0 Å². The minimum atomic E-state index is -0.536. The lowest BCUT2D eigenvalue weighted by Crippen LogP contribution is -2.28. The van der Waals surface area contributed by atoms with E-state index in [1.807, 2.05) is 26.0 Å². The maximum Gasteiger partial charge on any atom is 0.205 e. The molecule has 1 aliphatic rings. The predicted molar refractivity (Wildman–Crippen MR) is 93.6 cm³/mol. The van der Waals surface area contributed by atoms with Crippen LogP contribution in [0.15, 0.2) is 33.5 Å². The molecule has 0 spiro atoms. The highest BCUT2D eigenvalue weighted by atomic mass is 16.5. The van der Waals surface area contributed by atoms with Crippen LogP contribution in [0.4, 0.5) is 0 Å². The van der Waals surface area contributed by atoms with Gasteiger partial charge in [0.1, 0.15) is 16.7 Å². The van der Waals surface area contributed by atoms with E-state index in [-0.39, 0.29) is 39.2 Å². The first-order valence-electron chi connectivity index (χ1n) is 7.73. The van der Waals surface area contributed by atoms with Crippen molar-refractivity contribution in [3.05, 3.63) is 40.1 Å². The van der Waals surface area contributed by atoms with E-state index in [0.717, 1.165) is 0 Å². The van der Waals surface area contributed by atoms with Gasteiger partial charge in [-0.05, 0) is 38.1 Å². The minimum absolute atomic E-state index is 0.0736. The molecule has 25 heavy (non-hydrogen) atoms. The number of ether oxygens (including phenoxy) is 2. The first-order chi connectivity index (χ1) is 11.8. The van der Waals surface area contributed by atoms with Crippen LogP contribution in [0.2, 0.25) is 0 Å². The van der Waals surface area contributed by atoms with E-state index in [1.54, 1.807) is 6.07 Å². The van der Waals surface area contributed by atoms with Gasteiger partial charge in [0.25, 0.3) is 0 Å². The zero-order valence-electron chi connectivity index (χ0n) is 13.9. The van der Waals surface area contributed by atoms with Crippen LogP contribution in [-0.4, -0.2) is 22.9 Å². The molecule has 0 saturated heterocycles. The highest BCUT2D eigenvalue weighted by Gasteiger charge is 2.28. The van der Waals surface area contributed by atoms with Crippen molar-refractivity contribution in [3.63, 3.8) is 0 Å². The van der Waals surface area contributed by atoms with Gasteiger partial charge in [-0.3, -0.25) is 4.79 Å². The van der Waals surface area contributed by atoms with Crippen LogP contribution in [0.5, 0.6) is 23.0 Å². The Bertz CT molecular complexity index is 1120. The molecule has 6 heteroatoms. The summed E-state index contributed by atoms with van der Waals surface area (Å²) < 4.78 is 17.2. The summed E-state index contributed by atoms with van der Waals surface area (Å²) in [6, 6.07) is 4.15. The predicted octanol–water partition coefficient (Wildman–Crippen LogP) is 3.55. The molecular formula is C19H16O6. The molecule has 0 radical (unpaired) electrons. The van der Waals surface area contributed by atoms with Crippen LogP contribution in [0.1, 0.15) is 19.4 Å². The second kappa shape index (κ2) is 4.92. The quantitative estimate of drug-likeness (QED) is 0.520. The average Bonchev–Trinajstić information content (AvgIpc) is 2.56. The third-order valence-electron chi connectivity index (χ3n) is 4.24. The average molecular weight is 340 g/mol. The molecular weight excluding hydrogens is 324 g/mol. The van der Waals surface area contributed by atoms with Gasteiger partial charge in [-0.2, -0.15) is 0 Å². The Labute approximate surface area is 142 Å². The minimum Gasteiger partial charge on any atom is -0.507 e. The Kier molecular flexibility index (Phi) is 3.03. The number of phenols is 2. The van der Waals surface area contributed by atoms with Crippen LogP contribution in [0, 0.1) is 0 Å². The number of phenolic OH excluding ortho intramolecular Hbond substituents is 2. The van der Waals surface area contributed by atoms with E-state index in [2.05, 4.69) is 0 Å². The third-order valence-corrected chi connectivity index (χ3v) is 4.24. The van der Waals surface area contributed by atoms with Gasteiger partial charge in [0.05, 0.1) is 12.5 Å². The molecule has 3 aromatic rings. The van der Waals surface area contributed by atoms with E-state index in [1.165, 1.54) is 19.2 Å². The summed E-state index contributed by atoms with van der Waals surface area (Å²) in [5.74, 6) is 0.233. The standard InChI is InChI=1S/C19H16O6/c1-19(2)7-6-9-8-10-14(22)13-11(20)4-5-12(21)17(13)24-16(10)18(23-3)15(9)25-19/h4-8,20-21H,1-3H3. The van der Waals surface area contributed by atoms with Gasteiger partial charge >= 0.3 is 0 Å². The van der Waals surface area contributed by atoms with Gasteiger partial charge in [-0.25, -0.2) is 0 Å². The van der Waals surface area contributed by atoms with E-state index in [4.69, 9.17) is 13.9 Å². The number of rotatable bonds is 1. The second-order valence-electron chi connectivity index (χ2n) is 6.48. The van der Waals surface area contributed by atoms with Crippen molar-refractivity contribution in [2.75, 3.05) is 7.11 Å². The first-order valence-corrected chi connectivity index (χ1v) is 7.73. The maximum absolute atomic E-state index is 12.9. The molecule has 0 amide bonds. The fraction of sp³-hybridized carbons (Fsp3) is 0.211. The Hall–Kier alpha value is -3.15. The van der Waals surface area contributed by atoms with Crippen molar-refractivity contribution in [2.45, 2.75) is 19.4 Å². The fourth-order valence-electron chi connectivity index (χ4n) is 3.04. The lowest BCUT2D eigenvalue weighted by Gasteiger charge is -2.29. The summed E-state index contributed by atoms with van der Waals surface area (Å²) in [6.45, 7) is 3.80. The molecule has 0 unspecified atom stereocenters. The molecule has 1 aliphatic heterocycles. The van der Waals surface area contributed by atoms with Gasteiger partial charge in [0, 0.05) is 5.56 Å². The number of hydrogen-bond acceptors (Lipinski definition) is 6. The molecule has 0 saturated carbocycles. The highest BCUT2D eigenvalue weighted by Crippen LogP contribution is 2.45. The Morgan fingerprint density at radius 1 is 1.12 bits per heavy atom. The zero-order chi connectivity index (χ0) is 17.9. The SMILES string of the molecule is COc1c2c(cc3c(=O)c4c(O)ccc(O)c4oc13)C=CC(C)(C)O2. The Morgan fingerprint density at radius 2 is 1.84 bits per heavy atom. The summed E-state index contributed by atoms with van der Waals surface area (Å²) in [5, 5.41) is 20.2. The van der Waals surface area contributed by atoms with E-state index >= 15 is 0 Å². The normalized spacial score (nSPS) is 15.2. The van der Waals surface area contributed by atoms with E-state index in [0.29, 0.717) is 11.3 Å².